The molecule has 7 nitrogen and oxygen atoms in total. The van der Waals surface area contributed by atoms with Crippen LogP contribution in [0.1, 0.15) is 44.6 Å². The van der Waals surface area contributed by atoms with E-state index >= 15 is 0 Å². The van der Waals surface area contributed by atoms with Gasteiger partial charge in [-0.1, -0.05) is 30.3 Å². The Morgan fingerprint density at radius 3 is 2.68 bits per heavy atom. The largest absolute Gasteiger partial charge is 0.490 e. The molecule has 2 N–H and O–H groups in total. The Morgan fingerprint density at radius 2 is 1.94 bits per heavy atom. The fourth-order valence-corrected chi connectivity index (χ4v) is 5.07. The van der Waals surface area contributed by atoms with Crippen molar-refractivity contribution >= 4 is 17.3 Å². The highest BCUT2D eigenvalue weighted by atomic mass is 16.6. The van der Waals surface area contributed by atoms with Crippen molar-refractivity contribution < 1.29 is 19.6 Å². The zero-order valence-corrected chi connectivity index (χ0v) is 16.7. The van der Waals surface area contributed by atoms with Crippen molar-refractivity contribution in [1.82, 2.24) is 0 Å². The van der Waals surface area contributed by atoms with E-state index in [9.17, 15) is 20.0 Å². The minimum atomic E-state index is -0.960. The topological polar surface area (TPSA) is 102 Å². The molecule has 2 aliphatic rings. The third-order valence-corrected chi connectivity index (χ3v) is 6.41. The van der Waals surface area contributed by atoms with Crippen molar-refractivity contribution in [2.45, 2.75) is 18.4 Å². The molecule has 1 heterocycles. The normalized spacial score (nSPS) is 20.7. The highest BCUT2D eigenvalue weighted by Crippen LogP contribution is 2.54. The monoisotopic (exact) mass is 416 g/mol. The second-order valence-electron chi connectivity index (χ2n) is 7.96. The fraction of sp³-hybridized carbons (Fsp3) is 0.208. The van der Waals surface area contributed by atoms with Crippen LogP contribution in [0, 0.1) is 16.0 Å². The predicted molar refractivity (Wildman–Crippen MR) is 115 cm³/mol. The molecule has 0 bridgehead atoms. The van der Waals surface area contributed by atoms with Crippen molar-refractivity contribution in [3.63, 3.8) is 0 Å². The number of nitrogens with one attached hydrogen (secondary N) is 1. The van der Waals surface area contributed by atoms with Crippen LogP contribution in [0.5, 0.6) is 5.75 Å². The molecule has 7 heteroatoms. The molecule has 31 heavy (non-hydrogen) atoms. The van der Waals surface area contributed by atoms with Crippen LogP contribution < -0.4 is 10.1 Å². The third-order valence-electron chi connectivity index (χ3n) is 6.41. The average molecular weight is 416 g/mol. The molecule has 0 saturated heterocycles. The molecule has 5 rings (SSSR count). The molecular formula is C24H20N2O5. The number of fused-ring (bicyclic) bond motifs is 5. The molecule has 0 amide bonds. The molecule has 1 aliphatic carbocycles. The van der Waals surface area contributed by atoms with Crippen molar-refractivity contribution in [2.75, 3.05) is 12.4 Å². The maximum Gasteiger partial charge on any atom is 0.335 e. The SMILES string of the molecule is COc1ccc([C@@H]2Nc3ccc(C(=O)O)cc3[C@@H]3c4ccccc4C[C@@H]32)cc1[N+](=O)[O-]. The van der Waals surface area contributed by atoms with Gasteiger partial charge in [0.15, 0.2) is 5.75 Å². The van der Waals surface area contributed by atoms with Gasteiger partial charge in [-0.25, -0.2) is 4.79 Å². The molecule has 3 aromatic carbocycles. The Kier molecular flexibility index (Phi) is 4.39. The lowest BCUT2D eigenvalue weighted by Crippen LogP contribution is -2.30. The van der Waals surface area contributed by atoms with Crippen LogP contribution in [0.25, 0.3) is 0 Å². The maximum atomic E-state index is 11.6. The van der Waals surface area contributed by atoms with Crippen molar-refractivity contribution in [3.05, 3.63) is 98.6 Å². The molecule has 0 saturated carbocycles. The minimum absolute atomic E-state index is 0.0120. The third kappa shape index (κ3) is 3.01. The number of hydrogen-bond donors (Lipinski definition) is 2. The van der Waals surface area contributed by atoms with E-state index in [0.29, 0.717) is 0 Å². The highest BCUT2D eigenvalue weighted by Gasteiger charge is 2.43. The molecule has 3 atom stereocenters. The zero-order chi connectivity index (χ0) is 21.7. The van der Waals surface area contributed by atoms with Gasteiger partial charge in [0.25, 0.3) is 0 Å². The Bertz CT molecular complexity index is 1220. The van der Waals surface area contributed by atoms with Crippen LogP contribution in [-0.2, 0) is 6.42 Å². The van der Waals surface area contributed by atoms with Crippen LogP contribution in [0.2, 0.25) is 0 Å². The highest BCUT2D eigenvalue weighted by molar-refractivity contribution is 5.89. The number of carbonyl (C=O) groups is 1. The number of hydrogen-bond acceptors (Lipinski definition) is 5. The number of nitro benzene ring substituents is 1. The van der Waals surface area contributed by atoms with Crippen LogP contribution in [-0.4, -0.2) is 23.1 Å². The summed E-state index contributed by atoms with van der Waals surface area (Å²) in [5.41, 5.74) is 5.21. The van der Waals surface area contributed by atoms with Crippen LogP contribution in [0.4, 0.5) is 11.4 Å². The lowest BCUT2D eigenvalue weighted by Gasteiger charge is -2.38. The number of benzene rings is 3. The van der Waals surface area contributed by atoms with Gasteiger partial charge in [-0.2, -0.15) is 0 Å². The van der Waals surface area contributed by atoms with E-state index in [1.165, 1.54) is 18.2 Å². The number of nitro groups is 1. The summed E-state index contributed by atoms with van der Waals surface area (Å²) in [4.78, 5) is 22.7. The van der Waals surface area contributed by atoms with E-state index in [2.05, 4.69) is 17.4 Å². The van der Waals surface area contributed by atoms with Gasteiger partial charge < -0.3 is 15.2 Å². The summed E-state index contributed by atoms with van der Waals surface area (Å²) in [6.07, 6.45) is 0.801. The number of carboxylic acids is 1. The molecule has 0 aromatic heterocycles. The van der Waals surface area contributed by atoms with E-state index in [1.54, 1.807) is 30.3 Å². The van der Waals surface area contributed by atoms with E-state index in [-0.39, 0.29) is 34.9 Å². The Hall–Kier alpha value is -3.87. The summed E-state index contributed by atoms with van der Waals surface area (Å²) in [5, 5.41) is 24.6. The number of methoxy groups -OCH3 is 1. The van der Waals surface area contributed by atoms with Crippen molar-refractivity contribution in [3.8, 4) is 5.75 Å². The van der Waals surface area contributed by atoms with Gasteiger partial charge in [0.2, 0.25) is 0 Å². The van der Waals surface area contributed by atoms with E-state index in [0.717, 1.165) is 23.2 Å². The Balaban J connectivity index is 1.66. The maximum absolute atomic E-state index is 11.6. The first-order valence-corrected chi connectivity index (χ1v) is 10.0. The molecule has 0 fully saturated rings. The van der Waals surface area contributed by atoms with Gasteiger partial charge in [0, 0.05) is 17.7 Å². The predicted octanol–water partition coefficient (Wildman–Crippen LogP) is 4.77. The molecule has 3 aromatic rings. The second-order valence-corrected chi connectivity index (χ2v) is 7.96. The van der Waals surface area contributed by atoms with Gasteiger partial charge in [-0.05, 0) is 58.9 Å². The Labute approximate surface area is 178 Å². The van der Waals surface area contributed by atoms with Gasteiger partial charge in [0.05, 0.1) is 23.6 Å². The molecule has 0 unspecified atom stereocenters. The van der Waals surface area contributed by atoms with Crippen molar-refractivity contribution in [2.24, 2.45) is 5.92 Å². The number of ether oxygens (including phenoxy) is 1. The standard InChI is InChI=1S/C24H20N2O5/c1-31-21-9-7-14(12-20(21)26(29)30)23-18-10-13-4-2-3-5-16(13)22(18)17-11-15(24(27)28)6-8-19(17)25-23/h2-9,11-12,18,22-23,25H,10H2,1H3,(H,27,28)/t18-,22-,23-/m0/s1. The van der Waals surface area contributed by atoms with Gasteiger partial charge in [0.1, 0.15) is 0 Å². The smallest absolute Gasteiger partial charge is 0.335 e. The second kappa shape index (κ2) is 7.12. The number of anilines is 1. The molecule has 1 aliphatic heterocycles. The van der Waals surface area contributed by atoms with Gasteiger partial charge in [-0.3, -0.25) is 10.1 Å². The van der Waals surface area contributed by atoms with E-state index in [4.69, 9.17) is 4.74 Å². The molecular weight excluding hydrogens is 396 g/mol. The number of aromatic carboxylic acids is 1. The molecule has 0 radical (unpaired) electrons. The Morgan fingerprint density at radius 1 is 1.13 bits per heavy atom. The number of carboxylic acid groups (broad SMARTS) is 1. The van der Waals surface area contributed by atoms with Gasteiger partial charge >= 0.3 is 11.7 Å². The summed E-state index contributed by atoms with van der Waals surface area (Å²) in [5.74, 6) is -0.624. The molecule has 0 spiro atoms. The van der Waals surface area contributed by atoms with Gasteiger partial charge in [-0.15, -0.1) is 0 Å². The lowest BCUT2D eigenvalue weighted by atomic mass is 9.75. The first-order valence-electron chi connectivity index (χ1n) is 10.0. The fourth-order valence-electron chi connectivity index (χ4n) is 5.07. The average Bonchev–Trinajstić information content (AvgIpc) is 3.17. The number of rotatable bonds is 4. The number of nitrogens with zero attached hydrogens (tertiary/aromatic N) is 1. The summed E-state index contributed by atoms with van der Waals surface area (Å²) in [6, 6.07) is 18.2. The summed E-state index contributed by atoms with van der Waals surface area (Å²) >= 11 is 0. The first-order chi connectivity index (χ1) is 15.0. The van der Waals surface area contributed by atoms with Crippen LogP contribution in [0.3, 0.4) is 0 Å². The van der Waals surface area contributed by atoms with Crippen LogP contribution >= 0.6 is 0 Å². The summed E-state index contributed by atoms with van der Waals surface area (Å²) in [6.45, 7) is 0. The van der Waals surface area contributed by atoms with Crippen molar-refractivity contribution in [1.29, 1.82) is 0 Å². The van der Waals surface area contributed by atoms with Crippen LogP contribution in [0.15, 0.2) is 60.7 Å². The quantitative estimate of drug-likeness (QED) is 0.469. The first kappa shape index (κ1) is 19.1. The lowest BCUT2D eigenvalue weighted by molar-refractivity contribution is -0.385. The summed E-state index contributed by atoms with van der Waals surface area (Å²) < 4.78 is 5.16. The zero-order valence-electron chi connectivity index (χ0n) is 16.7. The van der Waals surface area contributed by atoms with E-state index < -0.39 is 10.9 Å². The molecule has 156 valence electrons. The minimum Gasteiger partial charge on any atom is -0.490 e. The summed E-state index contributed by atoms with van der Waals surface area (Å²) in [7, 11) is 1.42. The van der Waals surface area contributed by atoms with E-state index in [1.807, 2.05) is 18.2 Å².